The van der Waals surface area contributed by atoms with E-state index in [1.807, 2.05) is 0 Å². The number of rotatable bonds is 10. The van der Waals surface area contributed by atoms with Crippen LogP contribution in [0.4, 0.5) is 9.18 Å². The van der Waals surface area contributed by atoms with E-state index in [1.54, 1.807) is 50.3 Å². The fourth-order valence-electron chi connectivity index (χ4n) is 3.27. The Labute approximate surface area is 212 Å². The molecule has 0 bridgehead atoms. The van der Waals surface area contributed by atoms with Crippen LogP contribution in [0, 0.1) is 0 Å². The molecule has 2 heterocycles. The molecule has 14 heteroatoms. The Balaban J connectivity index is 1.75. The predicted molar refractivity (Wildman–Crippen MR) is 130 cm³/mol. The number of urea groups is 1. The van der Waals surface area contributed by atoms with Gasteiger partial charge in [-0.3, -0.25) is 9.69 Å². The zero-order chi connectivity index (χ0) is 25.8. The summed E-state index contributed by atoms with van der Waals surface area (Å²) in [4.78, 5) is 25.4. The van der Waals surface area contributed by atoms with E-state index in [1.165, 1.54) is 13.1 Å². The van der Waals surface area contributed by atoms with Crippen molar-refractivity contribution in [2.45, 2.75) is 56.5 Å². The maximum Gasteiger partial charge on any atom is 0.323 e. The second-order valence-corrected chi connectivity index (χ2v) is 11.9. The van der Waals surface area contributed by atoms with Crippen molar-refractivity contribution in [2.75, 3.05) is 13.2 Å². The van der Waals surface area contributed by atoms with Crippen LogP contribution in [0.25, 0.3) is 0 Å². The lowest BCUT2D eigenvalue weighted by atomic mass is 10.1. The SMILES string of the molecule is CC(C)OC(=O)C(C)NP(=S)(OCC1OC(N2C=CCNC2=O)C(F)(Cl)C1O)Oc1ccccc1. The molecule has 6 atom stereocenters. The molecule has 0 saturated carbocycles. The van der Waals surface area contributed by atoms with Crippen LogP contribution >= 0.6 is 18.2 Å². The highest BCUT2D eigenvalue weighted by molar-refractivity contribution is 8.09. The number of carbonyl (C=O) groups excluding carboxylic acids is 2. The van der Waals surface area contributed by atoms with Gasteiger partial charge in [-0.25, -0.2) is 14.3 Å². The van der Waals surface area contributed by atoms with Crippen molar-refractivity contribution in [2.24, 2.45) is 0 Å². The average Bonchev–Trinajstić information content (AvgIpc) is 3.01. The molecule has 0 aliphatic carbocycles. The first kappa shape index (κ1) is 27.8. The van der Waals surface area contributed by atoms with E-state index in [0.29, 0.717) is 5.75 Å². The zero-order valence-corrected chi connectivity index (χ0v) is 21.8. The van der Waals surface area contributed by atoms with Gasteiger partial charge < -0.3 is 28.9 Å². The minimum Gasteiger partial charge on any atom is -0.462 e. The third-order valence-electron chi connectivity index (χ3n) is 4.94. The van der Waals surface area contributed by atoms with Gasteiger partial charge in [0.2, 0.25) is 0 Å². The summed E-state index contributed by atoms with van der Waals surface area (Å²) < 4.78 is 37.7. The fraction of sp³-hybridized carbons (Fsp3) is 0.524. The Kier molecular flexibility index (Phi) is 9.14. The van der Waals surface area contributed by atoms with Crippen LogP contribution in [0.2, 0.25) is 0 Å². The Bertz CT molecular complexity index is 987. The largest absolute Gasteiger partial charge is 0.462 e. The van der Waals surface area contributed by atoms with Crippen molar-refractivity contribution in [1.29, 1.82) is 0 Å². The fourth-order valence-corrected chi connectivity index (χ4v) is 5.98. The lowest BCUT2D eigenvalue weighted by Gasteiger charge is -2.31. The summed E-state index contributed by atoms with van der Waals surface area (Å²) in [7, 11) is 0. The quantitative estimate of drug-likeness (QED) is 0.229. The number of benzene rings is 1. The smallest absolute Gasteiger partial charge is 0.323 e. The molecule has 1 saturated heterocycles. The molecule has 35 heavy (non-hydrogen) atoms. The molecule has 2 aliphatic heterocycles. The summed E-state index contributed by atoms with van der Waals surface area (Å²) >= 11 is 11.5. The van der Waals surface area contributed by atoms with Gasteiger partial charge in [0, 0.05) is 12.7 Å². The highest BCUT2D eigenvalue weighted by Gasteiger charge is 2.59. The number of aliphatic hydroxyl groups excluding tert-OH is 1. The summed E-state index contributed by atoms with van der Waals surface area (Å²) in [6.07, 6.45) is -2.23. The number of para-hydroxylation sites is 1. The maximum absolute atomic E-state index is 15.2. The topological polar surface area (TPSA) is 119 Å². The molecule has 0 aromatic heterocycles. The summed E-state index contributed by atoms with van der Waals surface area (Å²) in [5, 5.41) is 13.0. The van der Waals surface area contributed by atoms with Crippen LogP contribution in [-0.2, 0) is 30.6 Å². The number of carbonyl (C=O) groups is 2. The van der Waals surface area contributed by atoms with E-state index in [9.17, 15) is 14.7 Å². The first-order valence-corrected chi connectivity index (χ1v) is 13.9. The Morgan fingerprint density at radius 2 is 2.11 bits per heavy atom. The van der Waals surface area contributed by atoms with Crippen LogP contribution < -0.4 is 14.9 Å². The van der Waals surface area contributed by atoms with E-state index in [0.717, 1.165) is 4.90 Å². The van der Waals surface area contributed by atoms with Gasteiger partial charge >= 0.3 is 18.6 Å². The molecule has 1 aromatic rings. The molecular formula is C21H28ClFN3O7PS. The van der Waals surface area contributed by atoms with Gasteiger partial charge in [0.15, 0.2) is 6.23 Å². The van der Waals surface area contributed by atoms with E-state index in [2.05, 4.69) is 10.4 Å². The standard InChI is InChI=1S/C21H28ClFN3O7PS/c1-13(2)31-18(28)14(3)25-34(35,33-15-8-5-4-6-9-15)30-12-16-17(27)21(22,23)19(32-16)26-11-7-10-24-20(26)29/h4-9,11,13-14,16-17,19,27H,10,12H2,1-3H3,(H,24,29)(H,25,35). The van der Waals surface area contributed by atoms with Crippen LogP contribution in [0.15, 0.2) is 42.6 Å². The number of amides is 2. The van der Waals surface area contributed by atoms with Crippen molar-refractivity contribution in [3.8, 4) is 5.75 Å². The molecule has 2 amide bonds. The molecule has 6 unspecified atom stereocenters. The molecule has 0 spiro atoms. The van der Waals surface area contributed by atoms with Crippen molar-refractivity contribution in [1.82, 2.24) is 15.3 Å². The molecule has 0 radical (unpaired) electrons. The first-order valence-electron chi connectivity index (χ1n) is 10.8. The first-order chi connectivity index (χ1) is 16.4. The molecule has 3 rings (SSSR count). The van der Waals surface area contributed by atoms with Crippen molar-refractivity contribution >= 4 is 42.1 Å². The number of nitrogens with zero attached hydrogens (tertiary/aromatic N) is 1. The van der Waals surface area contributed by atoms with Crippen molar-refractivity contribution < 1.29 is 37.6 Å². The van der Waals surface area contributed by atoms with Gasteiger partial charge in [-0.2, -0.15) is 0 Å². The Hall–Kier alpha value is -1.79. The van der Waals surface area contributed by atoms with Crippen LogP contribution in [0.5, 0.6) is 5.75 Å². The third-order valence-corrected chi connectivity index (χ3v) is 7.85. The van der Waals surface area contributed by atoms with Crippen LogP contribution in [0.1, 0.15) is 20.8 Å². The summed E-state index contributed by atoms with van der Waals surface area (Å²) in [5.74, 6) is -0.205. The van der Waals surface area contributed by atoms with Crippen LogP contribution in [-0.4, -0.2) is 70.9 Å². The lowest BCUT2D eigenvalue weighted by molar-refractivity contribution is -0.149. The molecule has 1 aromatic carbocycles. The Morgan fingerprint density at radius 3 is 2.74 bits per heavy atom. The molecular weight excluding hydrogens is 524 g/mol. The molecule has 2 aliphatic rings. The third kappa shape index (κ3) is 6.91. The number of aliphatic hydroxyl groups is 1. The number of nitrogens with one attached hydrogen (secondary N) is 2. The molecule has 3 N–H and O–H groups in total. The molecule has 1 fully saturated rings. The summed E-state index contributed by atoms with van der Waals surface area (Å²) in [5.41, 5.74) is 0. The van der Waals surface area contributed by atoms with Gasteiger partial charge in [0.25, 0.3) is 5.13 Å². The van der Waals surface area contributed by atoms with Crippen molar-refractivity contribution in [3.05, 3.63) is 42.6 Å². The van der Waals surface area contributed by atoms with E-state index in [-0.39, 0.29) is 12.6 Å². The second-order valence-electron chi connectivity index (χ2n) is 8.16. The average molecular weight is 552 g/mol. The number of hydrogen-bond acceptors (Lipinski definition) is 8. The van der Waals surface area contributed by atoms with Gasteiger partial charge in [-0.1, -0.05) is 29.8 Å². The number of ether oxygens (including phenoxy) is 2. The lowest BCUT2D eigenvalue weighted by Crippen LogP contribution is -2.53. The number of halogens is 2. The van der Waals surface area contributed by atoms with E-state index >= 15 is 4.39 Å². The second kappa shape index (κ2) is 11.5. The van der Waals surface area contributed by atoms with Gasteiger partial charge in [-0.05, 0) is 50.8 Å². The predicted octanol–water partition coefficient (Wildman–Crippen LogP) is 2.77. The zero-order valence-electron chi connectivity index (χ0n) is 19.3. The highest BCUT2D eigenvalue weighted by atomic mass is 35.5. The monoisotopic (exact) mass is 551 g/mol. The van der Waals surface area contributed by atoms with E-state index < -0.39 is 54.9 Å². The summed E-state index contributed by atoms with van der Waals surface area (Å²) in [6.45, 7) is 1.31. The number of hydrogen-bond donors (Lipinski definition) is 3. The van der Waals surface area contributed by atoms with E-state index in [4.69, 9.17) is 41.9 Å². The number of esters is 1. The normalized spacial score (nSPS) is 28.9. The Morgan fingerprint density at radius 1 is 1.43 bits per heavy atom. The van der Waals surface area contributed by atoms with Gasteiger partial charge in [0.05, 0.1) is 12.7 Å². The molecule has 10 nitrogen and oxygen atoms in total. The maximum atomic E-state index is 15.2. The van der Waals surface area contributed by atoms with Crippen molar-refractivity contribution in [3.63, 3.8) is 0 Å². The minimum atomic E-state index is -3.46. The van der Waals surface area contributed by atoms with Crippen LogP contribution in [0.3, 0.4) is 0 Å². The minimum absolute atomic E-state index is 0.265. The molecule has 194 valence electrons. The highest BCUT2D eigenvalue weighted by Crippen LogP contribution is 2.47. The summed E-state index contributed by atoms with van der Waals surface area (Å²) in [6, 6.07) is 6.99. The van der Waals surface area contributed by atoms with Gasteiger partial charge in [0.1, 0.15) is 24.0 Å². The number of alkyl halides is 2. The van der Waals surface area contributed by atoms with Gasteiger partial charge in [-0.15, -0.1) is 0 Å².